The highest BCUT2D eigenvalue weighted by Crippen LogP contribution is 2.30. The topological polar surface area (TPSA) is 68.0 Å². The molecule has 1 atom stereocenters. The van der Waals surface area contributed by atoms with E-state index in [-0.39, 0.29) is 0 Å². The minimum atomic E-state index is -1.52. The number of hydrogen-bond acceptors (Lipinski definition) is 4. The number of alkyl halides is 2. The van der Waals surface area contributed by atoms with Gasteiger partial charge in [0.15, 0.2) is 0 Å². The molecular weight excluding hydrogens is 358 g/mol. The smallest absolute Gasteiger partial charge is 0.381 e. The first-order valence-corrected chi connectivity index (χ1v) is 6.76. The van der Waals surface area contributed by atoms with Crippen LogP contribution in [-0.2, 0) is 4.74 Å². The van der Waals surface area contributed by atoms with Crippen LogP contribution >= 0.6 is 31.9 Å². The molecule has 0 bridgehead atoms. The minimum Gasteiger partial charge on any atom is -0.381 e. The molecule has 0 aliphatic carbocycles. The summed E-state index contributed by atoms with van der Waals surface area (Å²) in [5.41, 5.74) is 0. The highest BCUT2D eigenvalue weighted by Gasteiger charge is 2.45. The van der Waals surface area contributed by atoms with Crippen molar-refractivity contribution in [1.29, 1.82) is 0 Å². The number of likely N-dealkylation sites (N-methyl/N-ethyl adjacent to an activating group) is 1. The molecule has 1 fully saturated rings. The summed E-state index contributed by atoms with van der Waals surface area (Å²) in [6, 6.07) is 0. The quantitative estimate of drug-likeness (QED) is 0.188. The van der Waals surface area contributed by atoms with Crippen molar-refractivity contribution in [1.82, 2.24) is 4.90 Å². The van der Waals surface area contributed by atoms with E-state index in [1.54, 1.807) is 11.9 Å². The van der Waals surface area contributed by atoms with Gasteiger partial charge >= 0.3 is 3.36 Å². The molecule has 0 radical (unpaired) electrons. The number of rotatable bonds is 4. The minimum absolute atomic E-state index is 0.342. The largest absolute Gasteiger partial charge is 0.382 e. The monoisotopic (exact) mass is 371 g/mol. The summed E-state index contributed by atoms with van der Waals surface area (Å²) in [5.74, 6) is 0.744. The fourth-order valence-corrected chi connectivity index (χ4v) is 2.78. The van der Waals surface area contributed by atoms with Crippen molar-refractivity contribution >= 4 is 37.7 Å². The van der Waals surface area contributed by atoms with E-state index < -0.39 is 8.28 Å². The van der Waals surface area contributed by atoms with Gasteiger partial charge in [0.25, 0.3) is 0 Å². The van der Waals surface area contributed by atoms with Crippen molar-refractivity contribution in [3.05, 3.63) is 10.1 Å². The van der Waals surface area contributed by atoms with Crippen molar-refractivity contribution in [2.24, 2.45) is 10.9 Å². The Morgan fingerprint density at radius 1 is 1.71 bits per heavy atom. The number of hydrogen-bond donors (Lipinski definition) is 0. The van der Waals surface area contributed by atoms with Crippen molar-refractivity contribution in [3.8, 4) is 0 Å². The maximum Gasteiger partial charge on any atom is 0.382 e. The summed E-state index contributed by atoms with van der Waals surface area (Å²) >= 11 is 6.07. The zero-order valence-corrected chi connectivity index (χ0v) is 12.9. The molecule has 1 unspecified atom stereocenters. The number of halogens is 2. The van der Waals surface area contributed by atoms with Gasteiger partial charge in [0, 0.05) is 65.0 Å². The van der Waals surface area contributed by atoms with Gasteiger partial charge in [0.1, 0.15) is 0 Å². The number of nitro groups is 1. The lowest BCUT2D eigenvalue weighted by Gasteiger charge is -2.26. The normalized spacial score (nSPS) is 21.6. The van der Waals surface area contributed by atoms with Gasteiger partial charge in [-0.25, -0.2) is 0 Å². The van der Waals surface area contributed by atoms with Crippen LogP contribution in [0.15, 0.2) is 4.99 Å². The molecule has 0 amide bonds. The van der Waals surface area contributed by atoms with E-state index in [4.69, 9.17) is 4.74 Å². The molecule has 0 aromatic carbocycles. The Bertz CT molecular complexity index is 317. The molecule has 98 valence electrons. The lowest BCUT2D eigenvalue weighted by atomic mass is 10.1. The molecule has 0 spiro atoms. The van der Waals surface area contributed by atoms with Gasteiger partial charge in [-0.05, 0) is 6.42 Å². The van der Waals surface area contributed by atoms with E-state index in [9.17, 15) is 10.1 Å². The van der Waals surface area contributed by atoms with Crippen LogP contribution in [-0.4, -0.2) is 52.9 Å². The van der Waals surface area contributed by atoms with Crippen molar-refractivity contribution < 1.29 is 9.66 Å². The summed E-state index contributed by atoms with van der Waals surface area (Å²) in [6.07, 6.45) is 0.984. The summed E-state index contributed by atoms with van der Waals surface area (Å²) in [4.78, 5) is 16.3. The van der Waals surface area contributed by atoms with Gasteiger partial charge in [-0.2, -0.15) is 0 Å². The van der Waals surface area contributed by atoms with Gasteiger partial charge in [0.05, 0.1) is 11.5 Å². The molecule has 0 saturated carbocycles. The van der Waals surface area contributed by atoms with E-state index in [1.807, 2.05) is 0 Å². The average molecular weight is 373 g/mol. The zero-order valence-electron chi connectivity index (χ0n) is 9.73. The maximum absolute atomic E-state index is 10.9. The Hall–Kier alpha value is -0.210. The second-order valence-corrected chi connectivity index (χ2v) is 7.32. The second-order valence-electron chi connectivity index (χ2n) is 3.96. The lowest BCUT2D eigenvalue weighted by Crippen LogP contribution is -2.46. The molecular formula is C9H15Br2N3O3. The standard InChI is InChI=1S/C9H15Br2N3O3/c1-12-8(9(10,11)14(15)16)13(2)5-7-3-4-17-6-7/h7H,3-6H2,1-2H3. The Labute approximate surface area is 117 Å². The third-order valence-corrected chi connectivity index (χ3v) is 3.92. The van der Waals surface area contributed by atoms with Crippen LogP contribution in [0.3, 0.4) is 0 Å². The Kier molecular flexibility index (Phi) is 5.33. The van der Waals surface area contributed by atoms with Gasteiger partial charge in [0.2, 0.25) is 5.84 Å². The molecule has 6 nitrogen and oxygen atoms in total. The van der Waals surface area contributed by atoms with Crippen molar-refractivity contribution in [2.45, 2.75) is 9.78 Å². The van der Waals surface area contributed by atoms with Crippen LogP contribution in [0, 0.1) is 16.0 Å². The van der Waals surface area contributed by atoms with Crippen LogP contribution in [0.5, 0.6) is 0 Å². The predicted octanol–water partition coefficient (Wildman–Crippen LogP) is 1.70. The molecule has 1 heterocycles. The molecule has 8 heteroatoms. The van der Waals surface area contributed by atoms with E-state index in [0.29, 0.717) is 24.9 Å². The molecule has 0 N–H and O–H groups in total. The first kappa shape index (κ1) is 14.8. The number of amidine groups is 1. The summed E-state index contributed by atoms with van der Waals surface area (Å²) in [6.45, 7) is 2.16. The summed E-state index contributed by atoms with van der Waals surface area (Å²) in [7, 11) is 3.33. The lowest BCUT2D eigenvalue weighted by molar-refractivity contribution is -0.486. The van der Waals surface area contributed by atoms with Crippen LogP contribution in [0.1, 0.15) is 6.42 Å². The van der Waals surface area contributed by atoms with Crippen molar-refractivity contribution in [3.63, 3.8) is 0 Å². The van der Waals surface area contributed by atoms with Crippen molar-refractivity contribution in [2.75, 3.05) is 33.9 Å². The highest BCUT2D eigenvalue weighted by molar-refractivity contribution is 9.25. The third kappa shape index (κ3) is 3.62. The highest BCUT2D eigenvalue weighted by atomic mass is 79.9. The number of nitrogens with zero attached hydrogens (tertiary/aromatic N) is 3. The maximum atomic E-state index is 10.9. The molecule has 0 aromatic rings. The van der Waals surface area contributed by atoms with Crippen LogP contribution in [0.4, 0.5) is 0 Å². The average Bonchev–Trinajstić information content (AvgIpc) is 2.70. The summed E-state index contributed by atoms with van der Waals surface area (Å²) in [5, 5.41) is 10.9. The van der Waals surface area contributed by atoms with E-state index in [1.165, 1.54) is 7.05 Å². The molecule has 1 aliphatic heterocycles. The van der Waals surface area contributed by atoms with E-state index in [0.717, 1.165) is 13.0 Å². The first-order valence-electron chi connectivity index (χ1n) is 5.18. The predicted molar refractivity (Wildman–Crippen MR) is 72.5 cm³/mol. The number of aliphatic imine (C=N–C) groups is 1. The van der Waals surface area contributed by atoms with Gasteiger partial charge in [-0.3, -0.25) is 15.1 Å². The summed E-state index contributed by atoms with van der Waals surface area (Å²) < 4.78 is 3.76. The molecule has 17 heavy (non-hydrogen) atoms. The van der Waals surface area contributed by atoms with E-state index >= 15 is 0 Å². The Morgan fingerprint density at radius 2 is 2.35 bits per heavy atom. The van der Waals surface area contributed by atoms with E-state index in [2.05, 4.69) is 36.9 Å². The second kappa shape index (κ2) is 6.10. The molecule has 1 saturated heterocycles. The Balaban J connectivity index is 2.70. The van der Waals surface area contributed by atoms with Crippen LogP contribution in [0.2, 0.25) is 0 Å². The van der Waals surface area contributed by atoms with Gasteiger partial charge in [-0.1, -0.05) is 0 Å². The van der Waals surface area contributed by atoms with Gasteiger partial charge in [-0.15, -0.1) is 0 Å². The number of ether oxygens (including phenoxy) is 1. The Morgan fingerprint density at radius 3 is 2.76 bits per heavy atom. The zero-order chi connectivity index (χ0) is 13.1. The van der Waals surface area contributed by atoms with Crippen LogP contribution < -0.4 is 0 Å². The SMILES string of the molecule is CN=C(N(C)CC1CCOC1)C(Br)(Br)[N+](=O)[O-]. The van der Waals surface area contributed by atoms with Crippen LogP contribution in [0.25, 0.3) is 0 Å². The van der Waals surface area contributed by atoms with Gasteiger partial charge < -0.3 is 9.64 Å². The fraction of sp³-hybridized carbons (Fsp3) is 0.889. The fourth-order valence-electron chi connectivity index (χ4n) is 1.82. The first-order chi connectivity index (χ1) is 7.89. The third-order valence-electron chi connectivity index (χ3n) is 2.63. The molecule has 0 aromatic heterocycles. The molecule has 1 rings (SSSR count). The molecule has 1 aliphatic rings.